The average molecular weight is 349 g/mol. The first-order valence-electron chi connectivity index (χ1n) is 6.89. The van der Waals surface area contributed by atoms with Crippen molar-refractivity contribution >= 4 is 18.6 Å². The van der Waals surface area contributed by atoms with E-state index in [9.17, 15) is 13.9 Å². The van der Waals surface area contributed by atoms with Crippen molar-refractivity contribution in [3.8, 4) is 0 Å². The number of hydrogen-bond donors (Lipinski definition) is 2. The van der Waals surface area contributed by atoms with E-state index in [1.54, 1.807) is 26.0 Å². The first-order valence-corrected chi connectivity index (χ1v) is 9.65. The van der Waals surface area contributed by atoms with Gasteiger partial charge in [-0.15, -0.1) is 0 Å². The Kier molecular flexibility index (Phi) is 7.38. The quantitative estimate of drug-likeness (QED) is 0.704. The van der Waals surface area contributed by atoms with Gasteiger partial charge in [-0.3, -0.25) is 4.57 Å². The lowest BCUT2D eigenvalue weighted by Gasteiger charge is -2.30. The molecule has 0 aromatic heterocycles. The van der Waals surface area contributed by atoms with Gasteiger partial charge in [0.25, 0.3) is 0 Å². The van der Waals surface area contributed by atoms with Gasteiger partial charge in [0.1, 0.15) is 16.8 Å². The summed E-state index contributed by atoms with van der Waals surface area (Å²) in [4.78, 5) is 0.519. The maximum absolute atomic E-state index is 12.6. The predicted octanol–water partition coefficient (Wildman–Crippen LogP) is 2.44. The fourth-order valence-electron chi connectivity index (χ4n) is 1.83. The van der Waals surface area contributed by atoms with Gasteiger partial charge >= 0.3 is 7.60 Å². The molecule has 0 bridgehead atoms. The Morgan fingerprint density at radius 3 is 2.09 bits per heavy atom. The SMILES string of the molecule is COP(=O)(OC)[C@@H](N[S@@](=O)c1ccc(C)cc1)[C@@H](O)C(C)C. The van der Waals surface area contributed by atoms with E-state index in [0.29, 0.717) is 4.90 Å². The van der Waals surface area contributed by atoms with Crippen molar-refractivity contribution in [2.45, 2.75) is 37.6 Å². The lowest BCUT2D eigenvalue weighted by molar-refractivity contribution is 0.102. The van der Waals surface area contributed by atoms with Crippen molar-refractivity contribution in [1.82, 2.24) is 4.72 Å². The zero-order valence-electron chi connectivity index (χ0n) is 13.5. The molecule has 0 spiro atoms. The number of aryl methyl sites for hydroxylation is 1. The number of aliphatic hydroxyl groups excluding tert-OH is 1. The summed E-state index contributed by atoms with van der Waals surface area (Å²) >= 11 is 0. The molecule has 22 heavy (non-hydrogen) atoms. The fourth-order valence-corrected chi connectivity index (χ4v) is 4.83. The summed E-state index contributed by atoms with van der Waals surface area (Å²) < 4.78 is 37.6. The van der Waals surface area contributed by atoms with Crippen LogP contribution in [0.15, 0.2) is 29.2 Å². The smallest absolute Gasteiger partial charge is 0.350 e. The van der Waals surface area contributed by atoms with E-state index in [1.165, 1.54) is 14.2 Å². The van der Waals surface area contributed by atoms with Gasteiger partial charge in [-0.25, -0.2) is 8.93 Å². The van der Waals surface area contributed by atoms with Crippen LogP contribution in [0.2, 0.25) is 0 Å². The molecule has 0 aliphatic carbocycles. The third-order valence-electron chi connectivity index (χ3n) is 3.32. The van der Waals surface area contributed by atoms with Crippen LogP contribution in [0.1, 0.15) is 19.4 Å². The van der Waals surface area contributed by atoms with Gasteiger partial charge in [-0.1, -0.05) is 31.5 Å². The second-order valence-corrected chi connectivity index (χ2v) is 8.89. The van der Waals surface area contributed by atoms with E-state index in [4.69, 9.17) is 9.05 Å². The number of nitrogens with one attached hydrogen (secondary N) is 1. The maximum atomic E-state index is 12.6. The summed E-state index contributed by atoms with van der Waals surface area (Å²) in [5.41, 5.74) is 1.04. The van der Waals surface area contributed by atoms with Crippen LogP contribution >= 0.6 is 7.60 Å². The van der Waals surface area contributed by atoms with Gasteiger partial charge < -0.3 is 14.2 Å². The summed E-state index contributed by atoms with van der Waals surface area (Å²) in [6.07, 6.45) is -1.04. The van der Waals surface area contributed by atoms with Gasteiger partial charge in [0.2, 0.25) is 0 Å². The molecule has 3 atom stereocenters. The molecular formula is C14H24NO5PS. The molecule has 0 saturated carbocycles. The Balaban J connectivity index is 3.05. The molecule has 0 aliphatic rings. The monoisotopic (exact) mass is 349 g/mol. The Hall–Kier alpha value is -0.560. The van der Waals surface area contributed by atoms with E-state index in [-0.39, 0.29) is 5.92 Å². The van der Waals surface area contributed by atoms with Gasteiger partial charge in [0, 0.05) is 14.2 Å². The zero-order valence-corrected chi connectivity index (χ0v) is 15.2. The highest BCUT2D eigenvalue weighted by Gasteiger charge is 2.41. The third kappa shape index (κ3) is 4.72. The van der Waals surface area contributed by atoms with E-state index in [2.05, 4.69) is 4.72 Å². The van der Waals surface area contributed by atoms with Crippen molar-refractivity contribution in [2.24, 2.45) is 5.92 Å². The number of aliphatic hydroxyl groups is 1. The lowest BCUT2D eigenvalue weighted by Crippen LogP contribution is -2.43. The highest BCUT2D eigenvalue weighted by Crippen LogP contribution is 2.52. The molecule has 0 heterocycles. The minimum absolute atomic E-state index is 0.217. The van der Waals surface area contributed by atoms with E-state index in [0.717, 1.165) is 5.56 Å². The highest BCUT2D eigenvalue weighted by molar-refractivity contribution is 7.83. The number of benzene rings is 1. The number of hydrogen-bond acceptors (Lipinski definition) is 5. The Bertz CT molecular complexity index is 541. The normalized spacial score (nSPS) is 16.5. The topological polar surface area (TPSA) is 84.9 Å². The Morgan fingerprint density at radius 1 is 1.18 bits per heavy atom. The van der Waals surface area contributed by atoms with Crippen LogP contribution in [0.25, 0.3) is 0 Å². The molecule has 1 rings (SSSR count). The molecule has 0 saturated heterocycles. The molecular weight excluding hydrogens is 325 g/mol. The van der Waals surface area contributed by atoms with Crippen LogP contribution < -0.4 is 4.72 Å². The second-order valence-electron chi connectivity index (χ2n) is 5.28. The van der Waals surface area contributed by atoms with Crippen LogP contribution in [0, 0.1) is 12.8 Å². The molecule has 0 radical (unpaired) electrons. The minimum Gasteiger partial charge on any atom is -0.391 e. The molecule has 1 aromatic carbocycles. The maximum Gasteiger partial charge on any atom is 0.350 e. The van der Waals surface area contributed by atoms with Crippen molar-refractivity contribution in [3.63, 3.8) is 0 Å². The first-order chi connectivity index (χ1) is 10.2. The van der Waals surface area contributed by atoms with Crippen molar-refractivity contribution in [3.05, 3.63) is 29.8 Å². The number of rotatable bonds is 8. The van der Waals surface area contributed by atoms with E-state index >= 15 is 0 Å². The Morgan fingerprint density at radius 2 is 1.68 bits per heavy atom. The fraction of sp³-hybridized carbons (Fsp3) is 0.571. The summed E-state index contributed by atoms with van der Waals surface area (Å²) in [6.45, 7) is 5.46. The zero-order chi connectivity index (χ0) is 16.9. The molecule has 2 N–H and O–H groups in total. The van der Waals surface area contributed by atoms with Crippen LogP contribution in [0.4, 0.5) is 0 Å². The lowest BCUT2D eigenvalue weighted by atomic mass is 10.1. The summed E-state index contributed by atoms with van der Waals surface area (Å²) in [5, 5.41) is 10.3. The van der Waals surface area contributed by atoms with Crippen molar-refractivity contribution < 1.29 is 22.9 Å². The molecule has 0 aliphatic heterocycles. The van der Waals surface area contributed by atoms with Crippen LogP contribution in [0.3, 0.4) is 0 Å². The van der Waals surface area contributed by atoms with Gasteiger partial charge in [0.15, 0.2) is 0 Å². The van der Waals surface area contributed by atoms with Crippen LogP contribution in [0.5, 0.6) is 0 Å². The predicted molar refractivity (Wildman–Crippen MR) is 87.0 cm³/mol. The van der Waals surface area contributed by atoms with Crippen LogP contribution in [-0.4, -0.2) is 35.4 Å². The van der Waals surface area contributed by atoms with Crippen LogP contribution in [-0.2, 0) is 24.6 Å². The standard InChI is InChI=1S/C14H24NO5PS/c1-10(2)13(16)14(21(17,19-4)20-5)15-22(18)12-8-6-11(3)7-9-12/h6-10,13-16H,1-5H3/t13-,14+,22-/m0/s1. The Labute approximate surface area is 134 Å². The molecule has 1 aromatic rings. The van der Waals surface area contributed by atoms with Gasteiger partial charge in [0.05, 0.1) is 11.0 Å². The van der Waals surface area contributed by atoms with E-state index < -0.39 is 30.5 Å². The highest BCUT2D eigenvalue weighted by atomic mass is 32.2. The summed E-state index contributed by atoms with van der Waals surface area (Å²) in [6, 6.07) is 7.08. The first kappa shape index (κ1) is 19.5. The molecule has 126 valence electrons. The van der Waals surface area contributed by atoms with Gasteiger partial charge in [-0.05, 0) is 25.0 Å². The van der Waals surface area contributed by atoms with Crippen molar-refractivity contribution in [1.29, 1.82) is 0 Å². The second kappa shape index (κ2) is 8.34. The minimum atomic E-state index is -3.64. The largest absolute Gasteiger partial charge is 0.391 e. The summed E-state index contributed by atoms with van der Waals surface area (Å²) in [7, 11) is -2.82. The van der Waals surface area contributed by atoms with Gasteiger partial charge in [-0.2, -0.15) is 0 Å². The van der Waals surface area contributed by atoms with Crippen molar-refractivity contribution in [2.75, 3.05) is 14.2 Å². The summed E-state index contributed by atoms with van der Waals surface area (Å²) in [5.74, 6) is -1.31. The molecule has 8 heteroatoms. The third-order valence-corrected chi connectivity index (χ3v) is 6.80. The molecule has 0 amide bonds. The molecule has 6 nitrogen and oxygen atoms in total. The molecule has 0 fully saturated rings. The molecule has 0 unspecified atom stereocenters. The van der Waals surface area contributed by atoms with E-state index in [1.807, 2.05) is 19.1 Å². The average Bonchev–Trinajstić information content (AvgIpc) is 2.51.